The van der Waals surface area contributed by atoms with Crippen molar-refractivity contribution < 1.29 is 23.7 Å². The Morgan fingerprint density at radius 2 is 1.18 bits per heavy atom. The fourth-order valence-corrected chi connectivity index (χ4v) is 5.32. The summed E-state index contributed by atoms with van der Waals surface area (Å²) in [7, 11) is 1.61. The third-order valence-corrected chi connectivity index (χ3v) is 7.54. The highest BCUT2D eigenvalue weighted by atomic mass is 16.7. The average Bonchev–Trinajstić information content (AvgIpc) is 3.58. The van der Waals surface area contributed by atoms with Gasteiger partial charge in [-0.1, -0.05) is 121 Å². The molecule has 1 saturated heterocycles. The summed E-state index contributed by atoms with van der Waals surface area (Å²) in [6.45, 7) is 1.37. The summed E-state index contributed by atoms with van der Waals surface area (Å²) >= 11 is 0. The van der Waals surface area contributed by atoms with Gasteiger partial charge in [0.05, 0.1) is 26.4 Å². The maximum Gasteiger partial charge on any atom is 0.204 e. The van der Waals surface area contributed by atoms with Crippen LogP contribution in [0.15, 0.2) is 121 Å². The van der Waals surface area contributed by atoms with Crippen LogP contribution in [0.25, 0.3) is 11.4 Å². The van der Waals surface area contributed by atoms with E-state index < -0.39 is 30.6 Å². The second-order valence-electron chi connectivity index (χ2n) is 10.6. The standard InChI is InChI=1S/C35H36N4O5/c1-40-35-33(43-24-28-18-10-4-11-19-28)32(42-23-27-16-8-3-9-17-27)31(30(44-35)25-41-22-26-14-6-2-7-15-26)39-37-34(36-38-39)29-20-12-5-13-21-29/h2-21,30-33,35H,22-25H2,1H3/t30-,31+,32+,33-,35+/m1/s1. The van der Waals surface area contributed by atoms with Gasteiger partial charge < -0.3 is 23.7 Å². The van der Waals surface area contributed by atoms with E-state index in [1.807, 2.05) is 121 Å². The van der Waals surface area contributed by atoms with Crippen molar-refractivity contribution in [2.75, 3.05) is 13.7 Å². The molecule has 5 atom stereocenters. The molecule has 0 radical (unpaired) electrons. The van der Waals surface area contributed by atoms with Crippen LogP contribution in [-0.4, -0.2) is 58.5 Å². The number of nitrogens with zero attached hydrogens (tertiary/aromatic N) is 4. The molecule has 0 saturated carbocycles. The molecule has 1 aliphatic heterocycles. The molecule has 1 fully saturated rings. The van der Waals surface area contributed by atoms with Crippen molar-refractivity contribution in [3.05, 3.63) is 138 Å². The first-order valence-corrected chi connectivity index (χ1v) is 14.7. The van der Waals surface area contributed by atoms with Gasteiger partial charge in [0.2, 0.25) is 5.82 Å². The molecule has 226 valence electrons. The fourth-order valence-electron chi connectivity index (χ4n) is 5.32. The van der Waals surface area contributed by atoms with Gasteiger partial charge >= 0.3 is 0 Å². The predicted octanol–water partition coefficient (Wildman–Crippen LogP) is 5.64. The van der Waals surface area contributed by atoms with Crippen molar-refractivity contribution in [1.82, 2.24) is 20.2 Å². The van der Waals surface area contributed by atoms with Gasteiger partial charge in [-0.25, -0.2) is 0 Å². The van der Waals surface area contributed by atoms with E-state index in [0.717, 1.165) is 22.3 Å². The highest BCUT2D eigenvalue weighted by Gasteiger charge is 2.50. The lowest BCUT2D eigenvalue weighted by Crippen LogP contribution is -2.58. The Morgan fingerprint density at radius 1 is 0.659 bits per heavy atom. The molecule has 2 heterocycles. The SMILES string of the molecule is CO[C@H]1O[C@H](COCc2ccccc2)[C@H](n2nnc(-c3ccccc3)n2)[C@H](OCc2ccccc2)[C@H]1OCc1ccccc1. The van der Waals surface area contributed by atoms with Crippen molar-refractivity contribution in [1.29, 1.82) is 0 Å². The summed E-state index contributed by atoms with van der Waals surface area (Å²) in [6.07, 6.45) is -2.43. The Balaban J connectivity index is 1.33. The zero-order chi connectivity index (χ0) is 30.0. The Labute approximate surface area is 257 Å². The number of hydrogen-bond acceptors (Lipinski definition) is 8. The van der Waals surface area contributed by atoms with Crippen molar-refractivity contribution >= 4 is 0 Å². The van der Waals surface area contributed by atoms with Gasteiger partial charge in [0.15, 0.2) is 6.29 Å². The first-order valence-electron chi connectivity index (χ1n) is 14.7. The van der Waals surface area contributed by atoms with E-state index in [1.165, 1.54) is 0 Å². The number of aromatic nitrogens is 4. The lowest BCUT2D eigenvalue weighted by atomic mass is 9.96. The van der Waals surface area contributed by atoms with Crippen molar-refractivity contribution in [3.63, 3.8) is 0 Å². The third kappa shape index (κ3) is 7.45. The number of tetrazole rings is 1. The number of benzene rings is 4. The first-order chi connectivity index (χ1) is 21.8. The van der Waals surface area contributed by atoms with Crippen LogP contribution in [0, 0.1) is 0 Å². The van der Waals surface area contributed by atoms with Crippen LogP contribution in [-0.2, 0) is 43.5 Å². The van der Waals surface area contributed by atoms with Crippen LogP contribution in [0.1, 0.15) is 22.7 Å². The van der Waals surface area contributed by atoms with E-state index in [9.17, 15) is 0 Å². The Kier molecular flexibility index (Phi) is 10.1. The Bertz CT molecular complexity index is 1540. The van der Waals surface area contributed by atoms with Gasteiger partial charge in [-0.3, -0.25) is 0 Å². The molecule has 6 rings (SSSR count). The molecule has 9 nitrogen and oxygen atoms in total. The minimum atomic E-state index is -0.724. The lowest BCUT2D eigenvalue weighted by molar-refractivity contribution is -0.303. The summed E-state index contributed by atoms with van der Waals surface area (Å²) in [6, 6.07) is 39.3. The smallest absolute Gasteiger partial charge is 0.204 e. The van der Waals surface area contributed by atoms with E-state index in [0.29, 0.717) is 25.6 Å². The van der Waals surface area contributed by atoms with E-state index in [-0.39, 0.29) is 6.61 Å². The highest BCUT2D eigenvalue weighted by Crippen LogP contribution is 2.35. The van der Waals surface area contributed by atoms with Crippen LogP contribution >= 0.6 is 0 Å². The van der Waals surface area contributed by atoms with E-state index in [1.54, 1.807) is 11.9 Å². The molecular weight excluding hydrogens is 556 g/mol. The topological polar surface area (TPSA) is 89.8 Å². The van der Waals surface area contributed by atoms with Gasteiger partial charge in [0, 0.05) is 12.7 Å². The van der Waals surface area contributed by atoms with Crippen molar-refractivity contribution in [3.8, 4) is 11.4 Å². The number of ether oxygens (including phenoxy) is 5. The van der Waals surface area contributed by atoms with Gasteiger partial charge in [0.25, 0.3) is 0 Å². The Morgan fingerprint density at radius 3 is 1.75 bits per heavy atom. The molecule has 0 spiro atoms. The zero-order valence-electron chi connectivity index (χ0n) is 24.6. The second kappa shape index (κ2) is 15.0. The normalized spacial score (nSPS) is 21.7. The fraction of sp³-hybridized carbons (Fsp3) is 0.286. The first kappa shape index (κ1) is 29.8. The molecule has 9 heteroatoms. The summed E-state index contributed by atoms with van der Waals surface area (Å²) in [5, 5.41) is 13.7. The predicted molar refractivity (Wildman–Crippen MR) is 164 cm³/mol. The van der Waals surface area contributed by atoms with Crippen LogP contribution in [0.4, 0.5) is 0 Å². The minimum absolute atomic E-state index is 0.248. The molecule has 0 unspecified atom stereocenters. The lowest BCUT2D eigenvalue weighted by Gasteiger charge is -2.45. The van der Waals surface area contributed by atoms with Crippen LogP contribution in [0.2, 0.25) is 0 Å². The molecule has 1 aliphatic rings. The molecule has 0 N–H and O–H groups in total. The van der Waals surface area contributed by atoms with Gasteiger partial charge in [-0.15, -0.1) is 10.2 Å². The van der Waals surface area contributed by atoms with Crippen molar-refractivity contribution in [2.24, 2.45) is 0 Å². The Hall–Kier alpha value is -4.25. The molecule has 0 bridgehead atoms. The van der Waals surface area contributed by atoms with Gasteiger partial charge in [-0.05, 0) is 21.9 Å². The average molecular weight is 593 g/mol. The summed E-state index contributed by atoms with van der Waals surface area (Å²) < 4.78 is 31.9. The molecule has 0 aliphatic carbocycles. The molecule has 4 aromatic carbocycles. The molecule has 44 heavy (non-hydrogen) atoms. The molecule has 0 amide bonds. The number of rotatable bonds is 13. The monoisotopic (exact) mass is 592 g/mol. The van der Waals surface area contributed by atoms with Crippen LogP contribution in [0.3, 0.4) is 0 Å². The summed E-state index contributed by atoms with van der Waals surface area (Å²) in [5.74, 6) is 0.506. The third-order valence-electron chi connectivity index (χ3n) is 7.54. The largest absolute Gasteiger partial charge is 0.374 e. The number of methoxy groups -OCH3 is 1. The highest BCUT2D eigenvalue weighted by molar-refractivity contribution is 5.53. The van der Waals surface area contributed by atoms with Crippen LogP contribution in [0.5, 0.6) is 0 Å². The van der Waals surface area contributed by atoms with Gasteiger partial charge in [0.1, 0.15) is 24.4 Å². The summed E-state index contributed by atoms with van der Waals surface area (Å²) in [5.41, 5.74) is 3.98. The minimum Gasteiger partial charge on any atom is -0.374 e. The van der Waals surface area contributed by atoms with Crippen LogP contribution < -0.4 is 0 Å². The van der Waals surface area contributed by atoms with E-state index in [2.05, 4.69) is 10.3 Å². The quantitative estimate of drug-likeness (QED) is 0.174. The number of hydrogen-bond donors (Lipinski definition) is 0. The second-order valence-corrected chi connectivity index (χ2v) is 10.6. The molecule has 5 aromatic rings. The van der Waals surface area contributed by atoms with Crippen molar-refractivity contribution in [2.45, 2.75) is 50.5 Å². The zero-order valence-corrected chi connectivity index (χ0v) is 24.6. The van der Waals surface area contributed by atoms with Gasteiger partial charge in [-0.2, -0.15) is 4.80 Å². The molecule has 1 aromatic heterocycles. The van der Waals surface area contributed by atoms with E-state index in [4.69, 9.17) is 28.8 Å². The summed E-state index contributed by atoms with van der Waals surface area (Å²) in [4.78, 5) is 1.58. The molecular formula is C35H36N4O5. The maximum absolute atomic E-state index is 6.71. The van der Waals surface area contributed by atoms with E-state index >= 15 is 0 Å². The maximum atomic E-state index is 6.71.